The van der Waals surface area contributed by atoms with Crippen molar-refractivity contribution in [2.75, 3.05) is 6.67 Å². The molecule has 10 heavy (non-hydrogen) atoms. The summed E-state index contributed by atoms with van der Waals surface area (Å²) in [5.74, 6) is 0. The van der Waals surface area contributed by atoms with Crippen LogP contribution in [0.5, 0.6) is 0 Å². The second-order valence-electron chi connectivity index (χ2n) is 2.37. The Hall–Kier alpha value is -0.850. The fourth-order valence-electron chi connectivity index (χ4n) is 0.992. The standard InChI is InChI=1S/C9H11F/c1-8-4-2-3-5-9(8)6-7-10/h2-5H,6-7H2,1H3. The van der Waals surface area contributed by atoms with Crippen molar-refractivity contribution >= 4 is 0 Å². The Morgan fingerprint density at radius 2 is 2.00 bits per heavy atom. The van der Waals surface area contributed by atoms with E-state index in [1.54, 1.807) is 0 Å². The van der Waals surface area contributed by atoms with Gasteiger partial charge in [-0.05, 0) is 18.1 Å². The molecule has 1 rings (SSSR count). The number of aryl methyl sites for hydroxylation is 2. The van der Waals surface area contributed by atoms with E-state index >= 15 is 0 Å². The first-order valence-electron chi connectivity index (χ1n) is 3.45. The van der Waals surface area contributed by atoms with Crippen molar-refractivity contribution < 1.29 is 4.39 Å². The Morgan fingerprint density at radius 3 is 2.60 bits per heavy atom. The van der Waals surface area contributed by atoms with Gasteiger partial charge in [-0.2, -0.15) is 0 Å². The van der Waals surface area contributed by atoms with E-state index in [0.29, 0.717) is 6.42 Å². The zero-order valence-corrected chi connectivity index (χ0v) is 6.10. The predicted octanol–water partition coefficient (Wildman–Crippen LogP) is 2.51. The van der Waals surface area contributed by atoms with Crippen LogP contribution in [0.3, 0.4) is 0 Å². The van der Waals surface area contributed by atoms with Gasteiger partial charge < -0.3 is 0 Å². The Labute approximate surface area is 60.7 Å². The summed E-state index contributed by atoms with van der Waals surface area (Å²) in [6.07, 6.45) is 0.548. The second kappa shape index (κ2) is 3.35. The van der Waals surface area contributed by atoms with Gasteiger partial charge in [-0.15, -0.1) is 0 Å². The van der Waals surface area contributed by atoms with Crippen molar-refractivity contribution in [2.24, 2.45) is 0 Å². The van der Waals surface area contributed by atoms with Crippen LogP contribution >= 0.6 is 0 Å². The fraction of sp³-hybridized carbons (Fsp3) is 0.333. The van der Waals surface area contributed by atoms with Crippen LogP contribution in [-0.4, -0.2) is 6.67 Å². The summed E-state index contributed by atoms with van der Waals surface area (Å²) in [6.45, 7) is 1.75. The van der Waals surface area contributed by atoms with Crippen LogP contribution < -0.4 is 0 Å². The molecule has 1 aromatic carbocycles. The average molecular weight is 138 g/mol. The molecule has 0 radical (unpaired) electrons. The lowest BCUT2D eigenvalue weighted by Crippen LogP contribution is -1.89. The molecule has 0 bridgehead atoms. The molecule has 0 saturated heterocycles. The molecule has 0 aliphatic heterocycles. The highest BCUT2D eigenvalue weighted by molar-refractivity contribution is 5.25. The van der Waals surface area contributed by atoms with E-state index in [4.69, 9.17) is 0 Å². The number of rotatable bonds is 2. The SMILES string of the molecule is Cc1ccccc1CCF. The minimum absolute atomic E-state index is 0.259. The molecule has 0 unspecified atom stereocenters. The molecular formula is C9H11F. The van der Waals surface area contributed by atoms with Crippen LogP contribution in [0, 0.1) is 6.92 Å². The zero-order chi connectivity index (χ0) is 7.40. The molecule has 0 aliphatic rings. The third-order valence-corrected chi connectivity index (χ3v) is 1.63. The van der Waals surface area contributed by atoms with Crippen molar-refractivity contribution in [3.63, 3.8) is 0 Å². The maximum absolute atomic E-state index is 11.9. The van der Waals surface area contributed by atoms with Crippen molar-refractivity contribution in [2.45, 2.75) is 13.3 Å². The van der Waals surface area contributed by atoms with Gasteiger partial charge >= 0.3 is 0 Å². The van der Waals surface area contributed by atoms with Crippen LogP contribution in [0.25, 0.3) is 0 Å². The number of halogens is 1. The Bertz CT molecular complexity index is 206. The van der Waals surface area contributed by atoms with Crippen molar-refractivity contribution in [1.29, 1.82) is 0 Å². The van der Waals surface area contributed by atoms with Crippen LogP contribution in [-0.2, 0) is 6.42 Å². The molecule has 0 heterocycles. The fourth-order valence-corrected chi connectivity index (χ4v) is 0.992. The Balaban J connectivity index is 2.81. The largest absolute Gasteiger partial charge is 0.251 e. The van der Waals surface area contributed by atoms with Gasteiger partial charge in [0.2, 0.25) is 0 Å². The summed E-state index contributed by atoms with van der Waals surface area (Å²) < 4.78 is 11.9. The number of hydrogen-bond acceptors (Lipinski definition) is 0. The van der Waals surface area contributed by atoms with E-state index in [1.165, 1.54) is 5.56 Å². The third kappa shape index (κ3) is 1.56. The highest BCUT2D eigenvalue weighted by Crippen LogP contribution is 2.06. The van der Waals surface area contributed by atoms with Crippen LogP contribution in [0.4, 0.5) is 4.39 Å². The molecule has 0 saturated carbocycles. The number of benzene rings is 1. The van der Waals surface area contributed by atoms with Gasteiger partial charge in [0.05, 0.1) is 6.67 Å². The van der Waals surface area contributed by atoms with E-state index in [0.717, 1.165) is 5.56 Å². The lowest BCUT2D eigenvalue weighted by molar-refractivity contribution is 0.495. The Kier molecular flexibility index (Phi) is 2.43. The average Bonchev–Trinajstić information content (AvgIpc) is 1.94. The van der Waals surface area contributed by atoms with Crippen molar-refractivity contribution in [1.82, 2.24) is 0 Å². The summed E-state index contributed by atoms with van der Waals surface area (Å²) in [5, 5.41) is 0. The summed E-state index contributed by atoms with van der Waals surface area (Å²) in [7, 11) is 0. The van der Waals surface area contributed by atoms with E-state index in [9.17, 15) is 4.39 Å². The summed E-state index contributed by atoms with van der Waals surface area (Å²) >= 11 is 0. The van der Waals surface area contributed by atoms with Crippen LogP contribution in [0.1, 0.15) is 11.1 Å². The highest BCUT2D eigenvalue weighted by Gasteiger charge is 1.93. The van der Waals surface area contributed by atoms with Gasteiger partial charge in [0.25, 0.3) is 0 Å². The minimum atomic E-state index is -0.259. The first kappa shape index (κ1) is 7.26. The van der Waals surface area contributed by atoms with E-state index in [-0.39, 0.29) is 6.67 Å². The van der Waals surface area contributed by atoms with Crippen LogP contribution in [0.2, 0.25) is 0 Å². The van der Waals surface area contributed by atoms with E-state index in [2.05, 4.69) is 0 Å². The smallest absolute Gasteiger partial charge is 0.0934 e. The molecule has 0 atom stereocenters. The lowest BCUT2D eigenvalue weighted by atomic mass is 10.1. The molecule has 0 spiro atoms. The maximum Gasteiger partial charge on any atom is 0.0934 e. The molecular weight excluding hydrogens is 127 g/mol. The van der Waals surface area contributed by atoms with Crippen LogP contribution in [0.15, 0.2) is 24.3 Å². The number of hydrogen-bond donors (Lipinski definition) is 0. The first-order chi connectivity index (χ1) is 4.84. The van der Waals surface area contributed by atoms with Gasteiger partial charge in [-0.3, -0.25) is 4.39 Å². The molecule has 0 nitrogen and oxygen atoms in total. The highest BCUT2D eigenvalue weighted by atomic mass is 19.1. The first-order valence-corrected chi connectivity index (χ1v) is 3.45. The van der Waals surface area contributed by atoms with E-state index < -0.39 is 0 Å². The third-order valence-electron chi connectivity index (χ3n) is 1.63. The molecule has 54 valence electrons. The molecule has 0 amide bonds. The predicted molar refractivity (Wildman–Crippen MR) is 40.9 cm³/mol. The van der Waals surface area contributed by atoms with Gasteiger partial charge in [0, 0.05) is 6.42 Å². The van der Waals surface area contributed by atoms with Crippen molar-refractivity contribution in [3.8, 4) is 0 Å². The Morgan fingerprint density at radius 1 is 1.30 bits per heavy atom. The normalized spacial score (nSPS) is 9.80. The number of alkyl halides is 1. The molecule has 0 fully saturated rings. The maximum atomic E-state index is 11.9. The molecule has 1 aromatic rings. The summed E-state index contributed by atoms with van der Waals surface area (Å²) in [6, 6.07) is 7.88. The molecule has 0 N–H and O–H groups in total. The minimum Gasteiger partial charge on any atom is -0.251 e. The van der Waals surface area contributed by atoms with Gasteiger partial charge in [-0.25, -0.2) is 0 Å². The topological polar surface area (TPSA) is 0 Å². The van der Waals surface area contributed by atoms with E-state index in [1.807, 2.05) is 31.2 Å². The monoisotopic (exact) mass is 138 g/mol. The molecule has 0 aliphatic carbocycles. The van der Waals surface area contributed by atoms with Gasteiger partial charge in [0.15, 0.2) is 0 Å². The summed E-state index contributed by atoms with van der Waals surface area (Å²) in [5.41, 5.74) is 2.30. The van der Waals surface area contributed by atoms with Crippen molar-refractivity contribution in [3.05, 3.63) is 35.4 Å². The second-order valence-corrected chi connectivity index (χ2v) is 2.37. The quantitative estimate of drug-likeness (QED) is 0.589. The zero-order valence-electron chi connectivity index (χ0n) is 6.10. The molecule has 1 heteroatoms. The van der Waals surface area contributed by atoms with Gasteiger partial charge in [0.1, 0.15) is 0 Å². The molecule has 0 aromatic heterocycles. The summed E-state index contributed by atoms with van der Waals surface area (Å²) in [4.78, 5) is 0. The lowest BCUT2D eigenvalue weighted by Gasteiger charge is -1.99. The van der Waals surface area contributed by atoms with Gasteiger partial charge in [-0.1, -0.05) is 24.3 Å².